The van der Waals surface area contributed by atoms with Crippen LogP contribution >= 0.6 is 34.7 Å². The Morgan fingerprint density at radius 1 is 1.17 bits per heavy atom. The highest BCUT2D eigenvalue weighted by molar-refractivity contribution is 8.00. The van der Waals surface area contributed by atoms with E-state index in [1.54, 1.807) is 42.1 Å². The SMILES string of the molecule is Cc1cc(C(=O)CSc2ncnc3sc4c(c23)CCCC4)c(C)n1-c1ccc(Cl)c(C(F)(F)F)c1. The standard InChI is InChI=1S/C25H21ClF3N3OS2/c1-13-9-17(14(2)32(13)15-7-8-19(26)18(10-15)25(27,28)29)20(33)11-34-23-22-16-5-3-4-6-21(16)35-24(22)31-12-30-23/h7-10,12H,3-6,11H2,1-2H3. The summed E-state index contributed by atoms with van der Waals surface area (Å²) in [5.41, 5.74) is 2.46. The van der Waals surface area contributed by atoms with Crippen molar-refractivity contribution in [2.24, 2.45) is 0 Å². The van der Waals surface area contributed by atoms with Crippen LogP contribution in [0.5, 0.6) is 0 Å². The predicted molar refractivity (Wildman–Crippen MR) is 134 cm³/mol. The summed E-state index contributed by atoms with van der Waals surface area (Å²) in [6.07, 6.45) is 1.37. The molecule has 1 aliphatic rings. The molecule has 1 aromatic carbocycles. The maximum atomic E-state index is 13.4. The fourth-order valence-corrected chi connectivity index (χ4v) is 7.12. The van der Waals surface area contributed by atoms with Crippen molar-refractivity contribution < 1.29 is 18.0 Å². The molecule has 1 aliphatic carbocycles. The lowest BCUT2D eigenvalue weighted by Gasteiger charge is -2.14. The Bertz CT molecular complexity index is 1460. The van der Waals surface area contributed by atoms with Crippen LogP contribution < -0.4 is 0 Å². The quantitative estimate of drug-likeness (QED) is 0.150. The summed E-state index contributed by atoms with van der Waals surface area (Å²) in [5, 5.41) is 1.52. The average molecular weight is 536 g/mol. The van der Waals surface area contributed by atoms with Gasteiger partial charge in [-0.3, -0.25) is 4.79 Å². The second-order valence-electron chi connectivity index (χ2n) is 8.56. The number of fused-ring (bicyclic) bond motifs is 3. The number of carbonyl (C=O) groups is 1. The average Bonchev–Trinajstić information content (AvgIpc) is 3.34. The number of aryl methyl sites for hydroxylation is 3. The molecule has 0 aliphatic heterocycles. The molecular formula is C25H21ClF3N3OS2. The Labute approximate surface area is 213 Å². The van der Waals surface area contributed by atoms with E-state index in [1.165, 1.54) is 40.8 Å². The highest BCUT2D eigenvalue weighted by Gasteiger charge is 2.34. The third kappa shape index (κ3) is 4.49. The van der Waals surface area contributed by atoms with Crippen molar-refractivity contribution in [2.75, 3.05) is 5.75 Å². The van der Waals surface area contributed by atoms with Crippen molar-refractivity contribution in [1.29, 1.82) is 0 Å². The van der Waals surface area contributed by atoms with Crippen LogP contribution in [-0.2, 0) is 19.0 Å². The minimum absolute atomic E-state index is 0.102. The summed E-state index contributed by atoms with van der Waals surface area (Å²) in [6, 6.07) is 5.50. The van der Waals surface area contributed by atoms with E-state index in [0.717, 1.165) is 40.6 Å². The first-order valence-corrected chi connectivity index (χ1v) is 13.3. The molecule has 4 aromatic rings. The van der Waals surface area contributed by atoms with Crippen LogP contribution in [0.25, 0.3) is 15.9 Å². The molecule has 0 spiro atoms. The minimum Gasteiger partial charge on any atom is -0.318 e. The Balaban J connectivity index is 1.43. The number of thioether (sulfide) groups is 1. The molecule has 3 heterocycles. The van der Waals surface area contributed by atoms with Gasteiger partial charge in [0.05, 0.1) is 16.3 Å². The number of carbonyl (C=O) groups excluding carboxylic acids is 1. The Hall–Kier alpha value is -2.36. The zero-order valence-corrected chi connectivity index (χ0v) is 21.4. The maximum Gasteiger partial charge on any atom is 0.417 e. The topological polar surface area (TPSA) is 47.8 Å². The number of benzene rings is 1. The Morgan fingerprint density at radius 2 is 1.94 bits per heavy atom. The van der Waals surface area contributed by atoms with Gasteiger partial charge in [0, 0.05) is 32.9 Å². The van der Waals surface area contributed by atoms with Gasteiger partial charge >= 0.3 is 6.18 Å². The highest BCUT2D eigenvalue weighted by atomic mass is 35.5. The van der Waals surface area contributed by atoms with Crippen molar-refractivity contribution in [1.82, 2.24) is 14.5 Å². The van der Waals surface area contributed by atoms with Crippen LogP contribution in [0, 0.1) is 13.8 Å². The zero-order valence-electron chi connectivity index (χ0n) is 19.0. The molecule has 182 valence electrons. The number of thiophene rings is 1. The first kappa shape index (κ1) is 24.3. The van der Waals surface area contributed by atoms with E-state index in [2.05, 4.69) is 9.97 Å². The van der Waals surface area contributed by atoms with Crippen molar-refractivity contribution >= 4 is 50.7 Å². The summed E-state index contributed by atoms with van der Waals surface area (Å²) in [6.45, 7) is 3.51. The number of ketones is 1. The van der Waals surface area contributed by atoms with E-state index in [0.29, 0.717) is 22.6 Å². The van der Waals surface area contributed by atoms with Crippen LogP contribution in [0.3, 0.4) is 0 Å². The number of aromatic nitrogens is 3. The van der Waals surface area contributed by atoms with Gasteiger partial charge in [0.2, 0.25) is 0 Å². The van der Waals surface area contributed by atoms with E-state index < -0.39 is 11.7 Å². The first-order valence-electron chi connectivity index (χ1n) is 11.1. The van der Waals surface area contributed by atoms with Gasteiger partial charge in [-0.05, 0) is 69.4 Å². The van der Waals surface area contributed by atoms with Gasteiger partial charge in [0.1, 0.15) is 16.2 Å². The molecule has 0 N–H and O–H groups in total. The fourth-order valence-electron chi connectivity index (χ4n) is 4.69. The lowest BCUT2D eigenvalue weighted by Crippen LogP contribution is -2.09. The lowest BCUT2D eigenvalue weighted by atomic mass is 9.97. The molecule has 35 heavy (non-hydrogen) atoms. The fraction of sp³-hybridized carbons (Fsp3) is 0.320. The summed E-state index contributed by atoms with van der Waals surface area (Å²) in [4.78, 5) is 24.4. The van der Waals surface area contributed by atoms with Gasteiger partial charge in [-0.25, -0.2) is 9.97 Å². The van der Waals surface area contributed by atoms with Crippen molar-refractivity contribution in [3.05, 3.63) is 68.6 Å². The van der Waals surface area contributed by atoms with Crippen LogP contribution in [0.2, 0.25) is 5.02 Å². The predicted octanol–water partition coefficient (Wildman–Crippen LogP) is 7.62. The van der Waals surface area contributed by atoms with Crippen molar-refractivity contribution in [2.45, 2.75) is 50.7 Å². The normalized spacial score (nSPS) is 13.9. The smallest absolute Gasteiger partial charge is 0.318 e. The largest absolute Gasteiger partial charge is 0.417 e. The van der Waals surface area contributed by atoms with Gasteiger partial charge in [0.15, 0.2) is 5.78 Å². The number of rotatable bonds is 5. The van der Waals surface area contributed by atoms with Crippen LogP contribution in [0.1, 0.15) is 50.6 Å². The molecule has 3 aromatic heterocycles. The highest BCUT2D eigenvalue weighted by Crippen LogP contribution is 2.40. The van der Waals surface area contributed by atoms with Crippen molar-refractivity contribution in [3.63, 3.8) is 0 Å². The monoisotopic (exact) mass is 535 g/mol. The number of Topliss-reactive ketones (excluding diaryl/α,β-unsaturated/α-hetero) is 1. The number of nitrogens with zero attached hydrogens (tertiary/aromatic N) is 3. The molecule has 0 atom stereocenters. The molecular weight excluding hydrogens is 515 g/mol. The van der Waals surface area contributed by atoms with Gasteiger partial charge in [0.25, 0.3) is 0 Å². The molecule has 5 rings (SSSR count). The van der Waals surface area contributed by atoms with Gasteiger partial charge in [-0.15, -0.1) is 11.3 Å². The van der Waals surface area contributed by atoms with Crippen LogP contribution in [0.4, 0.5) is 13.2 Å². The summed E-state index contributed by atoms with van der Waals surface area (Å²) in [5.74, 6) is 0.0744. The molecule has 0 bridgehead atoms. The molecule has 0 amide bonds. The molecule has 0 saturated heterocycles. The van der Waals surface area contributed by atoms with Crippen molar-refractivity contribution in [3.8, 4) is 5.69 Å². The van der Waals surface area contributed by atoms with E-state index in [-0.39, 0.29) is 16.6 Å². The summed E-state index contributed by atoms with van der Waals surface area (Å²) < 4.78 is 41.8. The number of alkyl halides is 3. The zero-order chi connectivity index (χ0) is 24.9. The van der Waals surface area contributed by atoms with E-state index >= 15 is 0 Å². The summed E-state index contributed by atoms with van der Waals surface area (Å²) >= 11 is 8.88. The summed E-state index contributed by atoms with van der Waals surface area (Å²) in [7, 11) is 0. The Morgan fingerprint density at radius 3 is 2.71 bits per heavy atom. The second-order valence-corrected chi connectivity index (χ2v) is 11.0. The Kier molecular flexibility index (Phi) is 6.44. The van der Waals surface area contributed by atoms with E-state index in [9.17, 15) is 18.0 Å². The van der Waals surface area contributed by atoms with E-state index in [1.807, 2.05) is 0 Å². The number of halogens is 4. The number of hydrogen-bond acceptors (Lipinski definition) is 5. The molecule has 4 nitrogen and oxygen atoms in total. The third-order valence-corrected chi connectivity index (χ3v) is 8.82. The van der Waals surface area contributed by atoms with Crippen LogP contribution in [0.15, 0.2) is 35.6 Å². The second kappa shape index (κ2) is 9.26. The van der Waals surface area contributed by atoms with Gasteiger partial charge in [-0.2, -0.15) is 13.2 Å². The molecule has 0 radical (unpaired) electrons. The maximum absolute atomic E-state index is 13.4. The molecule has 0 unspecified atom stereocenters. The lowest BCUT2D eigenvalue weighted by molar-refractivity contribution is -0.137. The molecule has 10 heteroatoms. The first-order chi connectivity index (χ1) is 16.6. The van der Waals surface area contributed by atoms with Gasteiger partial charge in [-0.1, -0.05) is 23.4 Å². The minimum atomic E-state index is -4.57. The molecule has 0 fully saturated rings. The van der Waals surface area contributed by atoms with E-state index in [4.69, 9.17) is 11.6 Å². The third-order valence-electron chi connectivity index (χ3n) is 6.30. The van der Waals surface area contributed by atoms with Crippen LogP contribution in [-0.4, -0.2) is 26.1 Å². The molecule has 0 saturated carbocycles. The number of hydrogen-bond donors (Lipinski definition) is 0. The van der Waals surface area contributed by atoms with Gasteiger partial charge < -0.3 is 4.57 Å².